The highest BCUT2D eigenvalue weighted by Gasteiger charge is 2.70. The highest BCUT2D eigenvalue weighted by molar-refractivity contribution is 5.94. The van der Waals surface area contributed by atoms with E-state index in [9.17, 15) is 19.8 Å². The molecule has 9 atom stereocenters. The van der Waals surface area contributed by atoms with Crippen LogP contribution in [0.3, 0.4) is 0 Å². The van der Waals surface area contributed by atoms with Gasteiger partial charge in [-0.2, -0.15) is 0 Å². The number of rotatable bonds is 1. The maximum absolute atomic E-state index is 12.5. The molecule has 5 rings (SSSR count). The average Bonchev–Trinajstić information content (AvgIpc) is 3.00. The van der Waals surface area contributed by atoms with Crippen molar-refractivity contribution in [2.45, 2.75) is 105 Å². The fourth-order valence-corrected chi connectivity index (χ4v) is 9.94. The molecule has 0 aromatic heterocycles. The lowest BCUT2D eigenvalue weighted by Crippen LogP contribution is -2.66. The fourth-order valence-electron chi connectivity index (χ4n) is 9.94. The van der Waals surface area contributed by atoms with Crippen LogP contribution in [0.2, 0.25) is 0 Å². The van der Waals surface area contributed by atoms with Crippen LogP contribution in [0, 0.1) is 39.4 Å². The molecule has 0 saturated heterocycles. The van der Waals surface area contributed by atoms with Crippen LogP contribution < -0.4 is 0 Å². The Morgan fingerprint density at radius 3 is 2.30 bits per heavy atom. The van der Waals surface area contributed by atoms with Gasteiger partial charge in [0.2, 0.25) is 6.29 Å². The third kappa shape index (κ3) is 2.92. The second-order valence-corrected chi connectivity index (χ2v) is 13.0. The van der Waals surface area contributed by atoms with E-state index in [1.54, 1.807) is 0 Å². The van der Waals surface area contributed by atoms with Crippen LogP contribution in [0.1, 0.15) is 86.5 Å². The molecule has 3 fully saturated rings. The molecule has 5 aliphatic rings. The van der Waals surface area contributed by atoms with Gasteiger partial charge in [-0.25, -0.2) is 4.79 Å². The number of esters is 2. The van der Waals surface area contributed by atoms with Crippen molar-refractivity contribution < 1.29 is 29.3 Å². The van der Waals surface area contributed by atoms with Crippen LogP contribution >= 0.6 is 0 Å². The summed E-state index contributed by atoms with van der Waals surface area (Å²) < 4.78 is 11.2. The van der Waals surface area contributed by atoms with Crippen molar-refractivity contribution in [1.82, 2.24) is 0 Å². The maximum Gasteiger partial charge on any atom is 0.339 e. The molecule has 1 aliphatic heterocycles. The van der Waals surface area contributed by atoms with Gasteiger partial charge >= 0.3 is 11.9 Å². The van der Waals surface area contributed by atoms with Gasteiger partial charge in [0, 0.05) is 17.9 Å². The van der Waals surface area contributed by atoms with Gasteiger partial charge in [0.1, 0.15) is 6.10 Å². The van der Waals surface area contributed by atoms with Crippen molar-refractivity contribution in [3.63, 3.8) is 0 Å². The van der Waals surface area contributed by atoms with Crippen molar-refractivity contribution >= 4 is 11.9 Å². The Morgan fingerprint density at radius 2 is 1.64 bits per heavy atom. The molecule has 1 heterocycles. The van der Waals surface area contributed by atoms with Crippen LogP contribution in [0.25, 0.3) is 0 Å². The molecule has 33 heavy (non-hydrogen) atoms. The third-order valence-corrected chi connectivity index (χ3v) is 11.1. The highest BCUT2D eigenvalue weighted by Crippen LogP contribution is 2.73. The number of hydrogen-bond donors (Lipinski definition) is 2. The van der Waals surface area contributed by atoms with Gasteiger partial charge < -0.3 is 19.7 Å². The van der Waals surface area contributed by atoms with E-state index in [0.29, 0.717) is 30.3 Å². The van der Waals surface area contributed by atoms with E-state index in [1.807, 2.05) is 6.92 Å². The summed E-state index contributed by atoms with van der Waals surface area (Å²) in [5, 5.41) is 21.9. The summed E-state index contributed by atoms with van der Waals surface area (Å²) in [5.41, 5.74) is 0.154. The lowest BCUT2D eigenvalue weighted by Gasteiger charge is -2.70. The zero-order valence-electron chi connectivity index (χ0n) is 20.9. The number of ether oxygens (including phenoxy) is 2. The monoisotopic (exact) mass is 460 g/mol. The first-order chi connectivity index (χ1) is 15.3. The van der Waals surface area contributed by atoms with Gasteiger partial charge in [-0.3, -0.25) is 4.79 Å². The SMILES string of the molecule is CC(=O)O[C@@H]1C[C@@H]2[C@@]3(C)CCCC(C)(C)[C@@H]3CC[C@@]2(C)[C@@H]2C[C@@H](O)C3=C([C@H](O)OC3=O)[C@@]12C. The molecule has 0 unspecified atom stereocenters. The van der Waals surface area contributed by atoms with Crippen molar-refractivity contribution in [1.29, 1.82) is 0 Å². The first kappa shape index (κ1) is 23.3. The molecule has 184 valence electrons. The van der Waals surface area contributed by atoms with E-state index in [-0.39, 0.29) is 33.7 Å². The van der Waals surface area contributed by atoms with Gasteiger partial charge in [-0.05, 0) is 72.5 Å². The Balaban J connectivity index is 1.67. The van der Waals surface area contributed by atoms with Gasteiger partial charge in [-0.1, -0.05) is 41.0 Å². The summed E-state index contributed by atoms with van der Waals surface area (Å²) in [5.74, 6) is -0.102. The van der Waals surface area contributed by atoms with Crippen LogP contribution in [0.4, 0.5) is 0 Å². The molecule has 0 aromatic carbocycles. The predicted molar refractivity (Wildman–Crippen MR) is 122 cm³/mol. The maximum atomic E-state index is 12.5. The molecule has 6 heteroatoms. The van der Waals surface area contributed by atoms with Crippen molar-refractivity contribution in [2.75, 3.05) is 0 Å². The largest absolute Gasteiger partial charge is 0.462 e. The second kappa shape index (κ2) is 7.07. The number of hydrogen-bond acceptors (Lipinski definition) is 6. The van der Waals surface area contributed by atoms with Crippen LogP contribution in [0.15, 0.2) is 11.1 Å². The Bertz CT molecular complexity index is 922. The Labute approximate surface area is 197 Å². The molecule has 0 amide bonds. The average molecular weight is 461 g/mol. The number of fused-ring (bicyclic) bond motifs is 6. The van der Waals surface area contributed by atoms with Gasteiger partial charge in [0.05, 0.1) is 11.7 Å². The summed E-state index contributed by atoms with van der Waals surface area (Å²) in [6, 6.07) is 0. The highest BCUT2D eigenvalue weighted by atomic mass is 16.6. The molecular weight excluding hydrogens is 420 g/mol. The molecule has 2 N–H and O–H groups in total. The Kier molecular flexibility index (Phi) is 5.00. The zero-order valence-corrected chi connectivity index (χ0v) is 20.9. The molecule has 0 spiro atoms. The standard InChI is InChI=1S/C27H40O6/c1-14(28)32-19-13-17-25(4)10-7-9-24(2,3)16(25)8-11-26(17,5)18-12-15(29)20-21(27(18,19)6)23(31)33-22(20)30/h15-19,23,29,31H,7-13H2,1-6H3/t15-,16+,17-,18+,19-,23-,25+,26-,27-/m1/s1. The fraction of sp³-hybridized carbons (Fsp3) is 0.852. The van der Waals surface area contributed by atoms with Crippen LogP contribution in [-0.4, -0.2) is 40.6 Å². The Hall–Kier alpha value is -1.40. The smallest absolute Gasteiger partial charge is 0.339 e. The van der Waals surface area contributed by atoms with Crippen LogP contribution in [-0.2, 0) is 19.1 Å². The minimum absolute atomic E-state index is 0.0335. The third-order valence-electron chi connectivity index (χ3n) is 11.1. The molecule has 3 saturated carbocycles. The topological polar surface area (TPSA) is 93.1 Å². The number of aliphatic hydroxyl groups excluding tert-OH is 2. The molecule has 6 nitrogen and oxygen atoms in total. The summed E-state index contributed by atoms with van der Waals surface area (Å²) in [6.45, 7) is 13.1. The summed E-state index contributed by atoms with van der Waals surface area (Å²) in [7, 11) is 0. The normalized spacial score (nSPS) is 50.5. The zero-order chi connectivity index (χ0) is 24.1. The van der Waals surface area contributed by atoms with E-state index in [0.717, 1.165) is 19.3 Å². The lowest BCUT2D eigenvalue weighted by molar-refractivity contribution is -0.232. The van der Waals surface area contributed by atoms with Gasteiger partial charge in [0.25, 0.3) is 0 Å². The minimum atomic E-state index is -1.39. The molecule has 0 aromatic rings. The van der Waals surface area contributed by atoms with E-state index < -0.39 is 29.9 Å². The molecular formula is C27H40O6. The first-order valence-corrected chi connectivity index (χ1v) is 12.8. The summed E-state index contributed by atoms with van der Waals surface area (Å²) in [4.78, 5) is 24.8. The number of aliphatic hydroxyl groups is 2. The van der Waals surface area contributed by atoms with E-state index in [2.05, 4.69) is 27.7 Å². The van der Waals surface area contributed by atoms with Crippen LogP contribution in [0.5, 0.6) is 0 Å². The molecule has 0 radical (unpaired) electrons. The number of carbonyl (C=O) groups is 2. The second-order valence-electron chi connectivity index (χ2n) is 13.0. The molecule has 4 aliphatic carbocycles. The summed E-state index contributed by atoms with van der Waals surface area (Å²) in [6.07, 6.45) is 4.08. The molecule has 0 bridgehead atoms. The minimum Gasteiger partial charge on any atom is -0.462 e. The predicted octanol–water partition coefficient (Wildman–Crippen LogP) is 4.13. The summed E-state index contributed by atoms with van der Waals surface area (Å²) >= 11 is 0. The number of cyclic esters (lactones) is 1. The van der Waals surface area contributed by atoms with Crippen molar-refractivity contribution in [3.05, 3.63) is 11.1 Å². The Morgan fingerprint density at radius 1 is 0.970 bits per heavy atom. The van der Waals surface area contributed by atoms with Gasteiger partial charge in [0.15, 0.2) is 0 Å². The number of carbonyl (C=O) groups excluding carboxylic acids is 2. The van der Waals surface area contributed by atoms with Crippen molar-refractivity contribution in [2.24, 2.45) is 39.4 Å². The van der Waals surface area contributed by atoms with E-state index in [1.165, 1.54) is 19.8 Å². The van der Waals surface area contributed by atoms with E-state index >= 15 is 0 Å². The van der Waals surface area contributed by atoms with Gasteiger partial charge in [-0.15, -0.1) is 0 Å². The first-order valence-electron chi connectivity index (χ1n) is 12.8. The lowest BCUT2D eigenvalue weighted by atomic mass is 9.35. The van der Waals surface area contributed by atoms with Crippen molar-refractivity contribution in [3.8, 4) is 0 Å². The quantitative estimate of drug-likeness (QED) is 0.572. The van der Waals surface area contributed by atoms with E-state index in [4.69, 9.17) is 9.47 Å².